The van der Waals surface area contributed by atoms with Gasteiger partial charge in [0.15, 0.2) is 0 Å². The topological polar surface area (TPSA) is 106 Å². The molecule has 1 unspecified atom stereocenters. The predicted octanol–water partition coefficient (Wildman–Crippen LogP) is 4.62. The predicted molar refractivity (Wildman–Crippen MR) is 158 cm³/mol. The van der Waals surface area contributed by atoms with Crippen molar-refractivity contribution in [2.24, 2.45) is 11.8 Å². The van der Waals surface area contributed by atoms with E-state index in [1.165, 1.54) is 6.42 Å². The molecule has 1 atom stereocenters. The molecule has 0 saturated carbocycles. The second-order valence-corrected chi connectivity index (χ2v) is 13.3. The number of aromatic nitrogens is 2. The number of amides is 3. The van der Waals surface area contributed by atoms with E-state index in [1.807, 2.05) is 45.6 Å². The average Bonchev–Trinajstić information content (AvgIpc) is 3.19. The molecule has 1 aromatic heterocycles. The van der Waals surface area contributed by atoms with E-state index in [2.05, 4.69) is 22.3 Å². The Bertz CT molecular complexity index is 1350. The first kappa shape index (κ1) is 29.2. The molecule has 3 aliphatic rings. The number of anilines is 1. The molecule has 10 nitrogen and oxygen atoms in total. The van der Waals surface area contributed by atoms with Gasteiger partial charge in [0.05, 0.1) is 11.0 Å². The van der Waals surface area contributed by atoms with Crippen LogP contribution in [0.2, 0.25) is 0 Å². The third-order valence-corrected chi connectivity index (χ3v) is 8.84. The summed E-state index contributed by atoms with van der Waals surface area (Å²) in [5.41, 5.74) is 1.98. The van der Waals surface area contributed by atoms with E-state index in [0.717, 1.165) is 68.6 Å². The van der Waals surface area contributed by atoms with Crippen LogP contribution in [0.1, 0.15) is 91.6 Å². The molecule has 3 aliphatic heterocycles. The van der Waals surface area contributed by atoms with Crippen molar-refractivity contribution in [2.45, 2.75) is 97.2 Å². The first-order chi connectivity index (χ1) is 19.4. The summed E-state index contributed by atoms with van der Waals surface area (Å²) in [6.45, 7) is 13.1. The maximum absolute atomic E-state index is 13.5. The van der Waals surface area contributed by atoms with Crippen LogP contribution in [-0.4, -0.2) is 63.7 Å². The Balaban J connectivity index is 1.22. The quantitative estimate of drug-likeness (QED) is 0.529. The average molecular weight is 568 g/mol. The lowest BCUT2D eigenvalue weighted by Gasteiger charge is -2.37. The van der Waals surface area contributed by atoms with Gasteiger partial charge in [-0.2, -0.15) is 0 Å². The van der Waals surface area contributed by atoms with E-state index >= 15 is 0 Å². The van der Waals surface area contributed by atoms with Crippen molar-refractivity contribution >= 4 is 34.6 Å². The van der Waals surface area contributed by atoms with Crippen molar-refractivity contribution in [3.8, 4) is 0 Å². The van der Waals surface area contributed by atoms with Crippen LogP contribution in [0.15, 0.2) is 23.0 Å². The monoisotopic (exact) mass is 567 g/mol. The third-order valence-electron chi connectivity index (χ3n) is 8.84. The fourth-order valence-corrected chi connectivity index (χ4v) is 6.73. The normalized spacial score (nSPS) is 21.6. The molecule has 5 rings (SSSR count). The Labute approximate surface area is 242 Å². The second kappa shape index (κ2) is 11.5. The number of likely N-dealkylation sites (tertiary alicyclic amines) is 1. The van der Waals surface area contributed by atoms with Crippen LogP contribution in [0.4, 0.5) is 10.5 Å². The van der Waals surface area contributed by atoms with E-state index in [0.29, 0.717) is 18.3 Å². The van der Waals surface area contributed by atoms with Gasteiger partial charge in [0.25, 0.3) is 0 Å². The van der Waals surface area contributed by atoms with Gasteiger partial charge < -0.3 is 14.5 Å². The van der Waals surface area contributed by atoms with E-state index in [4.69, 9.17) is 4.74 Å². The number of rotatable bonds is 5. The number of fused-ring (bicyclic) bond motifs is 1. The number of imidazole rings is 1. The molecular formula is C31H45N5O5. The molecule has 1 aromatic carbocycles. The van der Waals surface area contributed by atoms with Crippen LogP contribution in [-0.2, 0) is 14.3 Å². The summed E-state index contributed by atoms with van der Waals surface area (Å²) < 4.78 is 8.88. The first-order valence-corrected chi connectivity index (χ1v) is 15.2. The number of nitrogens with zero attached hydrogens (tertiary/aromatic N) is 4. The number of carbonyl (C=O) groups is 3. The number of hydrogen-bond donors (Lipinski definition) is 1. The number of hydrogen-bond acceptors (Lipinski definition) is 6. The van der Waals surface area contributed by atoms with Crippen molar-refractivity contribution in [1.82, 2.24) is 19.4 Å². The lowest BCUT2D eigenvalue weighted by atomic mass is 9.83. The Morgan fingerprint density at radius 2 is 1.59 bits per heavy atom. The minimum atomic E-state index is -0.680. The zero-order valence-electron chi connectivity index (χ0n) is 25.1. The number of carbonyl (C=O) groups excluding carboxylic acids is 3. The van der Waals surface area contributed by atoms with Gasteiger partial charge in [-0.05, 0) is 103 Å². The Kier molecular flexibility index (Phi) is 8.21. The molecule has 0 radical (unpaired) electrons. The van der Waals surface area contributed by atoms with E-state index < -0.39 is 17.6 Å². The molecule has 2 aromatic rings. The molecule has 10 heteroatoms. The van der Waals surface area contributed by atoms with Gasteiger partial charge in [-0.25, -0.2) is 9.59 Å². The summed E-state index contributed by atoms with van der Waals surface area (Å²) in [7, 11) is 0. The third kappa shape index (κ3) is 6.31. The fourth-order valence-electron chi connectivity index (χ4n) is 6.73. The molecule has 3 amide bonds. The SMILES string of the molecule is CC(C)n1c(=O)n(C2CCC(=O)NC2=O)c2ccc(N3CCC(CC4CCN(C(=O)OC(C)(C)C)CC4)CC3)cc21. The van der Waals surface area contributed by atoms with Crippen molar-refractivity contribution < 1.29 is 19.1 Å². The summed E-state index contributed by atoms with van der Waals surface area (Å²) in [4.78, 5) is 54.5. The van der Waals surface area contributed by atoms with Crippen LogP contribution >= 0.6 is 0 Å². The van der Waals surface area contributed by atoms with Gasteiger partial charge in [0.1, 0.15) is 11.6 Å². The summed E-state index contributed by atoms with van der Waals surface area (Å²) in [6, 6.07) is 5.36. The smallest absolute Gasteiger partial charge is 0.410 e. The number of benzene rings is 1. The van der Waals surface area contributed by atoms with E-state index in [1.54, 1.807) is 9.13 Å². The molecule has 3 saturated heterocycles. The number of nitrogens with one attached hydrogen (secondary N) is 1. The summed E-state index contributed by atoms with van der Waals surface area (Å²) in [6.07, 6.45) is 5.88. The molecule has 41 heavy (non-hydrogen) atoms. The van der Waals surface area contributed by atoms with Gasteiger partial charge >= 0.3 is 11.8 Å². The first-order valence-electron chi connectivity index (χ1n) is 15.2. The highest BCUT2D eigenvalue weighted by molar-refractivity contribution is 6.00. The fraction of sp³-hybridized carbons (Fsp3) is 0.677. The maximum Gasteiger partial charge on any atom is 0.410 e. The van der Waals surface area contributed by atoms with Crippen molar-refractivity contribution in [1.29, 1.82) is 0 Å². The number of piperidine rings is 3. The molecule has 0 bridgehead atoms. The molecule has 0 spiro atoms. The highest BCUT2D eigenvalue weighted by atomic mass is 16.6. The lowest BCUT2D eigenvalue weighted by Crippen LogP contribution is -2.44. The highest BCUT2D eigenvalue weighted by Crippen LogP contribution is 2.34. The van der Waals surface area contributed by atoms with E-state index in [-0.39, 0.29) is 30.2 Å². The van der Waals surface area contributed by atoms with Crippen LogP contribution in [0.3, 0.4) is 0 Å². The van der Waals surface area contributed by atoms with Crippen LogP contribution in [0, 0.1) is 11.8 Å². The zero-order valence-corrected chi connectivity index (χ0v) is 25.1. The van der Waals surface area contributed by atoms with Gasteiger partial charge in [-0.1, -0.05) is 0 Å². The Morgan fingerprint density at radius 3 is 2.17 bits per heavy atom. The minimum absolute atomic E-state index is 0.0674. The summed E-state index contributed by atoms with van der Waals surface area (Å²) >= 11 is 0. The minimum Gasteiger partial charge on any atom is -0.444 e. The second-order valence-electron chi connectivity index (χ2n) is 13.3. The van der Waals surface area contributed by atoms with Crippen molar-refractivity contribution in [3.63, 3.8) is 0 Å². The van der Waals surface area contributed by atoms with Crippen LogP contribution in [0.25, 0.3) is 11.0 Å². The molecule has 3 fully saturated rings. The molecule has 0 aliphatic carbocycles. The highest BCUT2D eigenvalue weighted by Gasteiger charge is 2.33. The summed E-state index contributed by atoms with van der Waals surface area (Å²) in [5.74, 6) is 0.626. The number of ether oxygens (including phenoxy) is 1. The van der Waals surface area contributed by atoms with Gasteiger partial charge in [0.2, 0.25) is 11.8 Å². The lowest BCUT2D eigenvalue weighted by molar-refractivity contribution is -0.135. The van der Waals surface area contributed by atoms with Crippen molar-refractivity contribution in [3.05, 3.63) is 28.7 Å². The van der Waals surface area contributed by atoms with Crippen LogP contribution < -0.4 is 15.9 Å². The van der Waals surface area contributed by atoms with Gasteiger partial charge in [-0.15, -0.1) is 0 Å². The largest absolute Gasteiger partial charge is 0.444 e. The molecular weight excluding hydrogens is 522 g/mol. The Morgan fingerprint density at radius 1 is 0.951 bits per heavy atom. The number of imide groups is 1. The molecule has 224 valence electrons. The maximum atomic E-state index is 13.5. The standard InChI is InChI=1S/C31H45N5O5/c1-20(2)35-26-19-23(6-7-24(26)36(29(35)39)25-8-9-27(37)32-28(25)38)33-14-10-21(11-15-33)18-22-12-16-34(17-13-22)30(40)41-31(3,4)5/h6-7,19-22,25H,8-18H2,1-5H3,(H,32,37,38). The van der Waals surface area contributed by atoms with Gasteiger partial charge in [0, 0.05) is 44.3 Å². The zero-order chi connectivity index (χ0) is 29.5. The van der Waals surface area contributed by atoms with E-state index in [9.17, 15) is 19.2 Å². The van der Waals surface area contributed by atoms with Crippen molar-refractivity contribution in [2.75, 3.05) is 31.1 Å². The molecule has 4 heterocycles. The summed E-state index contributed by atoms with van der Waals surface area (Å²) in [5, 5.41) is 2.39. The van der Waals surface area contributed by atoms with Crippen LogP contribution in [0.5, 0.6) is 0 Å². The van der Waals surface area contributed by atoms with Gasteiger partial charge in [-0.3, -0.25) is 24.0 Å². The Hall–Kier alpha value is -3.30. The molecule has 1 N–H and O–H groups in total.